The summed E-state index contributed by atoms with van der Waals surface area (Å²) in [6, 6.07) is -0.699. The normalized spacial score (nSPS) is 22.2. The van der Waals surface area contributed by atoms with Crippen LogP contribution in [0.1, 0.15) is 6.92 Å². The number of hydrogen-bond donors (Lipinski definition) is 1. The average molecular weight is 256 g/mol. The number of thioether (sulfide) groups is 1. The lowest BCUT2D eigenvalue weighted by Crippen LogP contribution is -2.57. The number of amides is 2. The number of nitrogens with one attached hydrogen (secondary N) is 1. The summed E-state index contributed by atoms with van der Waals surface area (Å²) in [5.74, 6) is -0.946. The minimum atomic E-state index is -4.30. The first-order valence-corrected chi connectivity index (χ1v) is 5.57. The van der Waals surface area contributed by atoms with E-state index < -0.39 is 11.6 Å². The molecule has 0 saturated carbocycles. The van der Waals surface area contributed by atoms with Gasteiger partial charge in [-0.15, -0.1) is 0 Å². The summed E-state index contributed by atoms with van der Waals surface area (Å²) in [6.45, 7) is 1.28. The molecule has 0 aromatic heterocycles. The van der Waals surface area contributed by atoms with Gasteiger partial charge >= 0.3 is 5.51 Å². The molecule has 0 bridgehead atoms. The summed E-state index contributed by atoms with van der Waals surface area (Å²) in [5.41, 5.74) is -4.30. The van der Waals surface area contributed by atoms with Crippen LogP contribution in [0.5, 0.6) is 0 Å². The van der Waals surface area contributed by atoms with Crippen molar-refractivity contribution in [3.05, 3.63) is 0 Å². The van der Waals surface area contributed by atoms with E-state index in [1.807, 2.05) is 0 Å². The summed E-state index contributed by atoms with van der Waals surface area (Å²) < 4.78 is 35.6. The molecule has 1 aliphatic heterocycles. The van der Waals surface area contributed by atoms with Crippen LogP contribution < -0.4 is 5.32 Å². The van der Waals surface area contributed by atoms with Crippen molar-refractivity contribution >= 4 is 23.6 Å². The largest absolute Gasteiger partial charge is 0.441 e. The van der Waals surface area contributed by atoms with Crippen molar-refractivity contribution < 1.29 is 22.8 Å². The second-order valence-corrected chi connectivity index (χ2v) is 4.43. The van der Waals surface area contributed by atoms with Crippen molar-refractivity contribution in [2.45, 2.75) is 18.5 Å². The van der Waals surface area contributed by atoms with Crippen LogP contribution >= 0.6 is 11.8 Å². The average Bonchev–Trinajstić information content (AvgIpc) is 2.16. The van der Waals surface area contributed by atoms with Crippen molar-refractivity contribution in [2.75, 3.05) is 18.8 Å². The third kappa shape index (κ3) is 3.58. The van der Waals surface area contributed by atoms with Gasteiger partial charge in [0.2, 0.25) is 11.8 Å². The summed E-state index contributed by atoms with van der Waals surface area (Å²) in [7, 11) is 0. The molecule has 0 aromatic rings. The monoisotopic (exact) mass is 256 g/mol. The predicted molar refractivity (Wildman–Crippen MR) is 52.7 cm³/mol. The summed E-state index contributed by atoms with van der Waals surface area (Å²) in [5, 5.41) is 2.36. The Kier molecular flexibility index (Phi) is 4.06. The van der Waals surface area contributed by atoms with Gasteiger partial charge in [-0.25, -0.2) is 0 Å². The maximum absolute atomic E-state index is 11.9. The molecule has 1 atom stereocenters. The molecule has 1 rings (SSSR count). The molecule has 92 valence electrons. The van der Waals surface area contributed by atoms with Crippen LogP contribution in [0, 0.1) is 0 Å². The lowest BCUT2D eigenvalue weighted by Gasteiger charge is -2.32. The molecule has 1 aliphatic rings. The zero-order chi connectivity index (χ0) is 12.3. The van der Waals surface area contributed by atoms with E-state index in [0.717, 1.165) is 4.90 Å². The van der Waals surface area contributed by atoms with Crippen molar-refractivity contribution in [1.29, 1.82) is 0 Å². The van der Waals surface area contributed by atoms with Crippen molar-refractivity contribution in [3.63, 3.8) is 0 Å². The van der Waals surface area contributed by atoms with Crippen LogP contribution in [0.15, 0.2) is 0 Å². The zero-order valence-corrected chi connectivity index (χ0v) is 9.32. The second-order valence-electron chi connectivity index (χ2n) is 3.28. The van der Waals surface area contributed by atoms with Crippen molar-refractivity contribution in [3.8, 4) is 0 Å². The molecule has 0 spiro atoms. The van der Waals surface area contributed by atoms with Gasteiger partial charge in [0.05, 0.1) is 6.54 Å². The van der Waals surface area contributed by atoms with Gasteiger partial charge in [-0.1, -0.05) is 0 Å². The van der Waals surface area contributed by atoms with Gasteiger partial charge in [0, 0.05) is 12.3 Å². The number of nitrogens with zero attached hydrogens (tertiary/aromatic N) is 1. The molecule has 1 N–H and O–H groups in total. The lowest BCUT2D eigenvalue weighted by atomic mass is 10.2. The third-order valence-electron chi connectivity index (χ3n) is 2.18. The molecule has 4 nitrogen and oxygen atoms in total. The molecule has 1 saturated heterocycles. The Morgan fingerprint density at radius 2 is 2.12 bits per heavy atom. The summed E-state index contributed by atoms with van der Waals surface area (Å²) >= 11 is -0.193. The number of alkyl halides is 3. The predicted octanol–water partition coefficient (Wildman–Crippen LogP) is 0.586. The summed E-state index contributed by atoms with van der Waals surface area (Å²) in [4.78, 5) is 23.7. The second kappa shape index (κ2) is 4.94. The van der Waals surface area contributed by atoms with E-state index in [9.17, 15) is 22.8 Å². The molecule has 0 radical (unpaired) electrons. The van der Waals surface area contributed by atoms with Crippen LogP contribution in [0.2, 0.25) is 0 Å². The number of halogens is 3. The number of piperazine rings is 1. The van der Waals surface area contributed by atoms with Gasteiger partial charge in [-0.3, -0.25) is 9.59 Å². The molecule has 1 unspecified atom stereocenters. The Balaban J connectivity index is 2.45. The SMILES string of the molecule is CC1C(=O)NCC(=O)N1CCSC(F)(F)F. The molecule has 1 fully saturated rings. The number of carbonyl (C=O) groups excluding carboxylic acids is 2. The van der Waals surface area contributed by atoms with Gasteiger partial charge in [0.15, 0.2) is 0 Å². The van der Waals surface area contributed by atoms with E-state index in [2.05, 4.69) is 5.32 Å². The molecular formula is C8H11F3N2O2S. The highest BCUT2D eigenvalue weighted by molar-refractivity contribution is 8.00. The standard InChI is InChI=1S/C8H11F3N2O2S/c1-5-7(15)12-4-6(14)13(5)2-3-16-8(9,10)11/h5H,2-4H2,1H3,(H,12,15). The molecule has 1 heterocycles. The molecule has 0 aliphatic carbocycles. The van der Waals surface area contributed by atoms with Gasteiger partial charge in [0.25, 0.3) is 0 Å². The lowest BCUT2D eigenvalue weighted by molar-refractivity contribution is -0.144. The van der Waals surface area contributed by atoms with Gasteiger partial charge in [-0.05, 0) is 18.7 Å². The van der Waals surface area contributed by atoms with Gasteiger partial charge in [0.1, 0.15) is 6.04 Å². The minimum absolute atomic E-state index is 0.0718. The highest BCUT2D eigenvalue weighted by atomic mass is 32.2. The number of hydrogen-bond acceptors (Lipinski definition) is 3. The van der Waals surface area contributed by atoms with Crippen LogP contribution in [0.3, 0.4) is 0 Å². The quantitative estimate of drug-likeness (QED) is 0.804. The fourth-order valence-electron chi connectivity index (χ4n) is 1.35. The minimum Gasteiger partial charge on any atom is -0.345 e. The third-order valence-corrected chi connectivity index (χ3v) is 2.89. The van der Waals surface area contributed by atoms with Gasteiger partial charge < -0.3 is 10.2 Å². The Bertz CT molecular complexity index is 295. The first kappa shape index (κ1) is 13.1. The Hall–Kier alpha value is -0.920. The maximum Gasteiger partial charge on any atom is 0.441 e. The highest BCUT2D eigenvalue weighted by Gasteiger charge is 2.32. The Morgan fingerprint density at radius 1 is 1.50 bits per heavy atom. The van der Waals surface area contributed by atoms with Crippen LogP contribution in [-0.4, -0.2) is 47.1 Å². The smallest absolute Gasteiger partial charge is 0.345 e. The first-order valence-electron chi connectivity index (χ1n) is 4.59. The highest BCUT2D eigenvalue weighted by Crippen LogP contribution is 2.30. The van der Waals surface area contributed by atoms with E-state index >= 15 is 0 Å². The topological polar surface area (TPSA) is 49.4 Å². The fourth-order valence-corrected chi connectivity index (χ4v) is 1.87. The molecule has 0 aromatic carbocycles. The van der Waals surface area contributed by atoms with Crippen molar-refractivity contribution in [2.24, 2.45) is 0 Å². The molecule has 16 heavy (non-hydrogen) atoms. The summed E-state index contributed by atoms with van der Waals surface area (Å²) in [6.07, 6.45) is 0. The zero-order valence-electron chi connectivity index (χ0n) is 8.50. The van der Waals surface area contributed by atoms with Crippen molar-refractivity contribution in [1.82, 2.24) is 10.2 Å². The van der Waals surface area contributed by atoms with E-state index in [1.54, 1.807) is 0 Å². The fraction of sp³-hybridized carbons (Fsp3) is 0.750. The Labute approximate surface area is 94.5 Å². The van der Waals surface area contributed by atoms with Gasteiger partial charge in [-0.2, -0.15) is 13.2 Å². The van der Waals surface area contributed by atoms with E-state index in [0.29, 0.717) is 0 Å². The maximum atomic E-state index is 11.9. The van der Waals surface area contributed by atoms with Crippen LogP contribution in [0.25, 0.3) is 0 Å². The van der Waals surface area contributed by atoms with E-state index in [-0.39, 0.29) is 42.4 Å². The van der Waals surface area contributed by atoms with Crippen LogP contribution in [0.4, 0.5) is 13.2 Å². The first-order chi connectivity index (χ1) is 7.31. The molecule has 2 amide bonds. The number of carbonyl (C=O) groups is 2. The van der Waals surface area contributed by atoms with E-state index in [1.165, 1.54) is 6.92 Å². The van der Waals surface area contributed by atoms with E-state index in [4.69, 9.17) is 0 Å². The number of rotatable bonds is 3. The molecular weight excluding hydrogens is 245 g/mol. The van der Waals surface area contributed by atoms with Crippen LogP contribution in [-0.2, 0) is 9.59 Å². The molecule has 8 heteroatoms. The Morgan fingerprint density at radius 3 is 2.69 bits per heavy atom.